The average Bonchev–Trinajstić information content (AvgIpc) is 3.00. The molecular formula is C16H11F3N4O3. The molecule has 0 atom stereocenters. The molecule has 0 aliphatic carbocycles. The number of hydrogen-bond donors (Lipinski definition) is 1. The third kappa shape index (κ3) is 3.97. The van der Waals surface area contributed by atoms with E-state index < -0.39 is 12.3 Å². The van der Waals surface area contributed by atoms with Crippen LogP contribution in [-0.2, 0) is 6.54 Å². The number of ether oxygens (including phenoxy) is 1. The largest absolute Gasteiger partial charge is 0.573 e. The topological polar surface area (TPSA) is 90.1 Å². The molecule has 0 saturated heterocycles. The maximum Gasteiger partial charge on any atom is 0.573 e. The Morgan fingerprint density at radius 3 is 2.50 bits per heavy atom. The van der Waals surface area contributed by atoms with Crippen molar-refractivity contribution in [3.63, 3.8) is 0 Å². The molecule has 0 amide bonds. The van der Waals surface area contributed by atoms with Crippen LogP contribution in [0.4, 0.5) is 13.2 Å². The first kappa shape index (κ1) is 17.4. The molecule has 1 aromatic carbocycles. The number of carboxylic acids is 1. The normalized spacial score (nSPS) is 11.3. The molecule has 0 saturated carbocycles. The van der Waals surface area contributed by atoms with Gasteiger partial charge in [-0.3, -0.25) is 4.98 Å². The van der Waals surface area contributed by atoms with E-state index in [0.717, 1.165) is 0 Å². The van der Waals surface area contributed by atoms with Gasteiger partial charge in [-0.05, 0) is 29.8 Å². The molecule has 0 fully saturated rings. The smallest absolute Gasteiger partial charge is 0.476 e. The van der Waals surface area contributed by atoms with E-state index in [1.165, 1.54) is 41.3 Å². The highest BCUT2D eigenvalue weighted by atomic mass is 19.4. The molecule has 0 aliphatic heterocycles. The summed E-state index contributed by atoms with van der Waals surface area (Å²) in [5.41, 5.74) is 1.11. The summed E-state index contributed by atoms with van der Waals surface area (Å²) < 4.78 is 41.8. The summed E-state index contributed by atoms with van der Waals surface area (Å²) in [6.07, 6.45) is -1.75. The number of rotatable bonds is 5. The molecule has 0 radical (unpaired) electrons. The fourth-order valence-electron chi connectivity index (χ4n) is 2.33. The van der Waals surface area contributed by atoms with Gasteiger partial charge in [0.1, 0.15) is 11.4 Å². The van der Waals surface area contributed by atoms with Crippen molar-refractivity contribution in [1.82, 2.24) is 20.0 Å². The molecule has 7 nitrogen and oxygen atoms in total. The number of aromatic carboxylic acids is 1. The van der Waals surface area contributed by atoms with Crippen LogP contribution in [0.5, 0.6) is 5.75 Å². The number of aromatic nitrogens is 4. The van der Waals surface area contributed by atoms with Gasteiger partial charge in [0.25, 0.3) is 0 Å². The van der Waals surface area contributed by atoms with Crippen LogP contribution in [0, 0.1) is 0 Å². The Balaban J connectivity index is 1.90. The minimum atomic E-state index is -4.77. The quantitative estimate of drug-likeness (QED) is 0.749. The number of carboxylic acid groups (broad SMARTS) is 1. The van der Waals surface area contributed by atoms with Crippen molar-refractivity contribution in [2.45, 2.75) is 12.9 Å². The molecule has 3 aromatic rings. The molecule has 134 valence electrons. The first-order valence-electron chi connectivity index (χ1n) is 7.25. The maximum absolute atomic E-state index is 12.2. The molecule has 3 rings (SSSR count). The van der Waals surface area contributed by atoms with E-state index in [4.69, 9.17) is 0 Å². The van der Waals surface area contributed by atoms with Gasteiger partial charge in [-0.15, -0.1) is 18.3 Å². The Morgan fingerprint density at radius 2 is 1.92 bits per heavy atom. The average molecular weight is 364 g/mol. The van der Waals surface area contributed by atoms with Gasteiger partial charge in [0.2, 0.25) is 0 Å². The van der Waals surface area contributed by atoms with Gasteiger partial charge in [-0.2, -0.15) is 0 Å². The number of halogens is 3. The number of alkyl halides is 3. The highest BCUT2D eigenvalue weighted by Crippen LogP contribution is 2.25. The zero-order chi connectivity index (χ0) is 18.7. The minimum Gasteiger partial charge on any atom is -0.476 e. The molecule has 26 heavy (non-hydrogen) atoms. The van der Waals surface area contributed by atoms with Gasteiger partial charge in [-0.25, -0.2) is 9.48 Å². The first-order valence-corrected chi connectivity index (χ1v) is 7.25. The van der Waals surface area contributed by atoms with E-state index in [2.05, 4.69) is 20.0 Å². The molecular weight excluding hydrogens is 353 g/mol. The van der Waals surface area contributed by atoms with Gasteiger partial charge in [0, 0.05) is 18.0 Å². The molecule has 1 N–H and O–H groups in total. The summed E-state index contributed by atoms with van der Waals surface area (Å²) in [7, 11) is 0. The molecule has 0 aliphatic rings. The fraction of sp³-hybridized carbons (Fsp3) is 0.125. The Kier molecular flexibility index (Phi) is 4.57. The number of benzene rings is 1. The van der Waals surface area contributed by atoms with Crippen molar-refractivity contribution in [1.29, 1.82) is 0 Å². The number of nitrogens with zero attached hydrogens (tertiary/aromatic N) is 4. The Morgan fingerprint density at radius 1 is 1.19 bits per heavy atom. The predicted octanol–water partition coefficient (Wildman–Crippen LogP) is 2.99. The van der Waals surface area contributed by atoms with Crippen molar-refractivity contribution >= 4 is 5.97 Å². The third-order valence-corrected chi connectivity index (χ3v) is 3.36. The van der Waals surface area contributed by atoms with Crippen molar-refractivity contribution < 1.29 is 27.8 Å². The monoisotopic (exact) mass is 364 g/mol. The molecule has 2 aromatic heterocycles. The highest BCUT2D eigenvalue weighted by molar-refractivity contribution is 5.92. The Labute approximate surface area is 144 Å². The molecule has 10 heteroatoms. The summed E-state index contributed by atoms with van der Waals surface area (Å²) in [5, 5.41) is 16.8. The first-order chi connectivity index (χ1) is 12.3. The van der Waals surface area contributed by atoms with E-state index in [1.54, 1.807) is 12.1 Å². The van der Waals surface area contributed by atoms with Crippen LogP contribution in [-0.4, -0.2) is 37.4 Å². The van der Waals surface area contributed by atoms with Crippen LogP contribution in [0.25, 0.3) is 11.3 Å². The second kappa shape index (κ2) is 6.82. The number of carbonyl (C=O) groups is 1. The molecule has 0 bridgehead atoms. The van der Waals surface area contributed by atoms with Crippen molar-refractivity contribution in [2.75, 3.05) is 0 Å². The lowest BCUT2D eigenvalue weighted by molar-refractivity contribution is -0.274. The van der Waals surface area contributed by atoms with E-state index in [-0.39, 0.29) is 23.7 Å². The fourth-order valence-corrected chi connectivity index (χ4v) is 2.33. The van der Waals surface area contributed by atoms with Gasteiger partial charge < -0.3 is 9.84 Å². The van der Waals surface area contributed by atoms with Crippen LogP contribution in [0.1, 0.15) is 16.1 Å². The van der Waals surface area contributed by atoms with E-state index in [1.807, 2.05) is 0 Å². The minimum absolute atomic E-state index is 0.108. The summed E-state index contributed by atoms with van der Waals surface area (Å²) in [6, 6.07) is 8.49. The molecule has 2 heterocycles. The highest BCUT2D eigenvalue weighted by Gasteiger charge is 2.31. The van der Waals surface area contributed by atoms with Crippen molar-refractivity contribution in [2.24, 2.45) is 0 Å². The SMILES string of the molecule is O=C(O)c1nnn(Cc2ccc(OC(F)(F)F)cc2)c1-c1cccnc1. The molecule has 0 unspecified atom stereocenters. The summed E-state index contributed by atoms with van der Waals surface area (Å²) in [5.74, 6) is -1.59. The summed E-state index contributed by atoms with van der Waals surface area (Å²) in [4.78, 5) is 15.3. The van der Waals surface area contributed by atoms with Gasteiger partial charge in [0.05, 0.1) is 6.54 Å². The van der Waals surface area contributed by atoms with Gasteiger partial charge in [0.15, 0.2) is 5.69 Å². The lowest BCUT2D eigenvalue weighted by Crippen LogP contribution is -2.17. The van der Waals surface area contributed by atoms with E-state index in [0.29, 0.717) is 11.1 Å². The maximum atomic E-state index is 12.2. The van der Waals surface area contributed by atoms with Crippen molar-refractivity contribution in [3.8, 4) is 17.0 Å². The zero-order valence-electron chi connectivity index (χ0n) is 13.0. The van der Waals surface area contributed by atoms with Gasteiger partial charge >= 0.3 is 12.3 Å². The van der Waals surface area contributed by atoms with Crippen LogP contribution >= 0.6 is 0 Å². The lowest BCUT2D eigenvalue weighted by Gasteiger charge is -2.10. The van der Waals surface area contributed by atoms with E-state index >= 15 is 0 Å². The second-order valence-corrected chi connectivity index (χ2v) is 5.18. The summed E-state index contributed by atoms with van der Waals surface area (Å²) >= 11 is 0. The Bertz CT molecular complexity index is 909. The van der Waals surface area contributed by atoms with Crippen LogP contribution < -0.4 is 4.74 Å². The molecule has 0 spiro atoms. The van der Waals surface area contributed by atoms with Gasteiger partial charge in [-0.1, -0.05) is 17.3 Å². The predicted molar refractivity (Wildman–Crippen MR) is 82.4 cm³/mol. The standard InChI is InChI=1S/C16H11F3N4O3/c17-16(18,19)26-12-5-3-10(4-6-12)9-23-14(11-2-1-7-20-8-11)13(15(24)25)21-22-23/h1-8H,9H2,(H,24,25). The number of pyridine rings is 1. The van der Waals surface area contributed by atoms with Crippen molar-refractivity contribution in [3.05, 3.63) is 60.0 Å². The second-order valence-electron chi connectivity index (χ2n) is 5.18. The Hall–Kier alpha value is -3.43. The third-order valence-electron chi connectivity index (χ3n) is 3.36. The van der Waals surface area contributed by atoms with Crippen LogP contribution in [0.3, 0.4) is 0 Å². The lowest BCUT2D eigenvalue weighted by atomic mass is 10.1. The van der Waals surface area contributed by atoms with Crippen LogP contribution in [0.15, 0.2) is 48.8 Å². The summed E-state index contributed by atoms with van der Waals surface area (Å²) in [6.45, 7) is 0.108. The zero-order valence-corrected chi connectivity index (χ0v) is 13.0. The van der Waals surface area contributed by atoms with Crippen LogP contribution in [0.2, 0.25) is 0 Å². The van der Waals surface area contributed by atoms with E-state index in [9.17, 15) is 23.1 Å². The number of hydrogen-bond acceptors (Lipinski definition) is 5.